The second-order valence-corrected chi connectivity index (χ2v) is 35.2. The van der Waals surface area contributed by atoms with E-state index in [4.69, 9.17) is 44.2 Å². The van der Waals surface area contributed by atoms with Gasteiger partial charge in [-0.1, -0.05) is 117 Å². The number of ketones is 2. The number of methoxy groups -OCH3 is 2. The number of hydrogen-bond acceptors (Lipinski definition) is 21. The number of esters is 3. The Morgan fingerprint density at radius 3 is 1.40 bits per heavy atom. The third kappa shape index (κ3) is 29.9. The van der Waals surface area contributed by atoms with E-state index in [0.29, 0.717) is 109 Å². The van der Waals surface area contributed by atoms with E-state index in [9.17, 15) is 47.9 Å². The number of hydrogen-bond donors (Lipinski definition) is 5. The number of halogens is 1. The van der Waals surface area contributed by atoms with Crippen LogP contribution in [-0.2, 0) is 69.2 Å². The Bertz CT molecular complexity index is 5540. The molecule has 4 bridgehead atoms. The van der Waals surface area contributed by atoms with Crippen LogP contribution in [-0.4, -0.2) is 198 Å². The summed E-state index contributed by atoms with van der Waals surface area (Å²) in [5.41, 5.74) is 20.1. The van der Waals surface area contributed by atoms with E-state index in [1.165, 1.54) is 5.69 Å². The maximum absolute atomic E-state index is 14.0. The average Bonchev–Trinajstić information content (AvgIpc) is 1.60. The number of rotatable bonds is 28. The zero-order chi connectivity index (χ0) is 99.2. The first-order valence-electron chi connectivity index (χ1n) is 45.9. The van der Waals surface area contributed by atoms with Gasteiger partial charge in [-0.25, -0.2) is 24.2 Å². The minimum Gasteiger partial charge on any atom is -0.870 e. The van der Waals surface area contributed by atoms with Gasteiger partial charge in [-0.2, -0.15) is 0 Å². The molecule has 9 aromatic rings. The van der Waals surface area contributed by atoms with Crippen molar-refractivity contribution in [3.8, 4) is 39.9 Å². The predicted octanol–water partition coefficient (Wildman–Crippen LogP) is 16.1. The molecule has 4 aromatic heterocycles. The van der Waals surface area contributed by atoms with Gasteiger partial charge in [0.05, 0.1) is 86.2 Å². The van der Waals surface area contributed by atoms with Crippen molar-refractivity contribution >= 4 is 97.8 Å². The number of fused-ring (bicyclic) bond motifs is 5. The van der Waals surface area contributed by atoms with Gasteiger partial charge < -0.3 is 93.5 Å². The second kappa shape index (κ2) is 54.2. The Hall–Kier alpha value is -11.8. The normalized spacial score (nSPS) is 15.8. The van der Waals surface area contributed by atoms with E-state index in [-0.39, 0.29) is 107 Å². The smallest absolute Gasteiger partial charge is 0.870 e. The number of aromatic carboxylic acids is 1. The number of nitrogens with zero attached hydrogens (tertiary/aromatic N) is 7. The minimum absolute atomic E-state index is 0. The third-order valence-electron chi connectivity index (χ3n) is 23.0. The summed E-state index contributed by atoms with van der Waals surface area (Å²) in [7, 11) is 6.92. The van der Waals surface area contributed by atoms with Crippen LogP contribution < -0.4 is 60.7 Å². The number of carbonyl (C=O) groups is 10. The van der Waals surface area contributed by atoms with Crippen LogP contribution in [0, 0.1) is 38.5 Å². The Balaban J connectivity index is 0.000000305. The van der Waals surface area contributed by atoms with Crippen LogP contribution in [0.15, 0.2) is 159 Å². The van der Waals surface area contributed by atoms with Crippen LogP contribution in [0.1, 0.15) is 224 Å². The van der Waals surface area contributed by atoms with Crippen LogP contribution in [0.25, 0.3) is 39.5 Å². The number of para-hydroxylation sites is 3. The van der Waals surface area contributed by atoms with Crippen LogP contribution in [0.4, 0.5) is 21.0 Å². The average molecular weight is 1950 g/mol. The standard InChI is InChI=1S/C34H41N5O4.C20H30N4O4.C16H19NO2.C14H15NO2.C10H16O3.C7H12O3.C3H5Br.Na.H2O/c1-8-26-24(16-20(2)39(26)23-12-10-9-11-13-23)31-35-25-17-22(18-28(42-7)30(25)37(31)6)32(40)38-19-21-14-15-27(38)29(21)36-33(41)43-34(3,4)5;1-20(2,3)28-19(26)23-16-11-6-7-14(16)24(10-11)18(25)12-8-13(21)17(22-4)15(9-12)27-5;1-4-15-14(16(18)19-5-2)11-12(3)17(15)13-9-7-6-8-10-13;1-3-13-12(14(16)17)9-10(2)15(13)11-7-5-4-6-8-11;1-4-7-8(9(11)5-2)10(12)13-6-3;1-3-6(8)5-7(9)10-4-2;1-2-3-4;;/h9-13,16-18,21,27,29H,8,14-15,19H2,1-7H3,(H,36,41);8-9,11,14,16,22H,6-7,10,21H2,1-5H3,(H,23,26);6-11H,4-5H2,1-3H3;4-9H,3H2,1-2H3,(H,16,17);4,8H,1,5-7H2,2-3H3;3-5H2,1-2H3;2H,1,3H2;;1H2/q;;;;;;;+1;/p-1/t21-,27-,29-;11-,14-,16-;;;;;;;/m11......./s1. The van der Waals surface area contributed by atoms with Gasteiger partial charge in [0.2, 0.25) is 0 Å². The number of aromatic nitrogens is 5. The van der Waals surface area contributed by atoms with Crippen molar-refractivity contribution in [1.82, 2.24) is 43.7 Å². The molecule has 30 nitrogen and oxygen atoms in total. The molecule has 13 rings (SSSR count). The summed E-state index contributed by atoms with van der Waals surface area (Å²) in [6.45, 7) is 41.2. The molecular weight excluding hydrogens is 1810 g/mol. The van der Waals surface area contributed by atoms with Gasteiger partial charge in [0.15, 0.2) is 0 Å². The predicted molar refractivity (Wildman–Crippen MR) is 530 cm³/mol. The van der Waals surface area contributed by atoms with Gasteiger partial charge in [-0.3, -0.25) is 28.8 Å². The van der Waals surface area contributed by atoms with Crippen LogP contribution in [0.5, 0.6) is 11.5 Å². The molecule has 7 N–H and O–H groups in total. The Labute approximate surface area is 831 Å². The Kier molecular flexibility index (Phi) is 45.8. The van der Waals surface area contributed by atoms with Crippen LogP contribution >= 0.6 is 15.9 Å². The molecule has 2 saturated carbocycles. The summed E-state index contributed by atoms with van der Waals surface area (Å²) in [5.74, 6) is -0.540. The van der Waals surface area contributed by atoms with Crippen molar-refractivity contribution in [3.63, 3.8) is 0 Å². The van der Waals surface area contributed by atoms with E-state index >= 15 is 0 Å². The van der Waals surface area contributed by atoms with E-state index in [1.807, 2.05) is 188 Å². The SMILES string of the molecule is C=CCBr.C=CCC(C(=O)CC)C(=O)OCC.CCOC(=O)CC(=O)CC.CCOC(=O)c1cc(C)n(-c2ccccc2)c1CC.CCc1c(-c2nc3cc(C(=O)N4C[C@H]5CC[C@@H]4[C@@H]5NC(=O)OC(C)(C)C)cc(OC)c3n2C)cc(C)n1-c1ccccc1.CCc1c(C(=O)O)cc(C)n1-c1ccccc1.CNc1c(N)cc(C(=O)N2C[C@H]3CC[C@@H]2[C@@H]3NC(=O)OC(C)(C)C)cc1OC.[Na+].[OH-]. The topological polar surface area (TPSA) is 387 Å². The fourth-order valence-corrected chi connectivity index (χ4v) is 17.3. The van der Waals surface area contributed by atoms with E-state index in [1.54, 1.807) is 79.3 Å². The zero-order valence-electron chi connectivity index (χ0n) is 83.3. The van der Waals surface area contributed by atoms with Crippen molar-refractivity contribution < 1.29 is 121 Å². The summed E-state index contributed by atoms with van der Waals surface area (Å²) < 4.78 is 45.0. The Morgan fingerprint density at radius 1 is 0.574 bits per heavy atom. The number of nitrogens with one attached hydrogen (secondary N) is 3. The number of carboxylic acids is 1. The minimum atomic E-state index is -0.861. The first-order valence-corrected chi connectivity index (χ1v) is 47.0. The zero-order valence-corrected chi connectivity index (χ0v) is 86.8. The molecule has 2 aliphatic heterocycles. The number of aryl methyl sites for hydroxylation is 4. The molecule has 4 aliphatic rings. The molecule has 136 heavy (non-hydrogen) atoms. The fraction of sp³-hybridized carbons (Fsp3) is 0.452. The molecule has 1 unspecified atom stereocenters. The van der Waals surface area contributed by atoms with Gasteiger partial charge in [0.25, 0.3) is 11.8 Å². The molecule has 32 heteroatoms. The first kappa shape index (κ1) is 115. The maximum Gasteiger partial charge on any atom is 1.00 e. The van der Waals surface area contributed by atoms with Crippen LogP contribution in [0.2, 0.25) is 0 Å². The summed E-state index contributed by atoms with van der Waals surface area (Å²) in [6.07, 6.45) is 9.52. The number of amides is 4. The molecule has 7 atom stereocenters. The quantitative estimate of drug-likeness (QED) is 0.00578. The fourth-order valence-electron chi connectivity index (χ4n) is 17.3. The number of ether oxygens (including phenoxy) is 7. The number of nitrogens with two attached hydrogens (primary N) is 1. The number of likely N-dealkylation sites (tertiary alicyclic amines) is 2. The number of nitrogen functional groups attached to an aromatic ring is 1. The molecule has 732 valence electrons. The van der Waals surface area contributed by atoms with Crippen molar-refractivity contribution in [2.24, 2.45) is 24.8 Å². The molecule has 2 saturated heterocycles. The molecular formula is C104H139BrN11NaO19. The third-order valence-corrected chi connectivity index (χ3v) is 23.5. The Morgan fingerprint density at radius 2 is 1.00 bits per heavy atom. The summed E-state index contributed by atoms with van der Waals surface area (Å²) in [4.78, 5) is 128. The number of alkyl carbamates (subject to hydrolysis) is 2. The summed E-state index contributed by atoms with van der Waals surface area (Å²) in [6, 6.07) is 42.8. The number of allylic oxidation sites excluding steroid dienone is 2. The van der Waals surface area contributed by atoms with E-state index < -0.39 is 47.2 Å². The number of Topliss-reactive ketones (excluding diaryl/α,β-unsaturated/α-hetero) is 2. The number of imidazole rings is 1. The maximum atomic E-state index is 14.0. The van der Waals surface area contributed by atoms with Gasteiger partial charge in [-0.15, -0.1) is 13.2 Å². The molecule has 0 spiro atoms. The van der Waals surface area contributed by atoms with E-state index in [2.05, 4.69) is 102 Å². The summed E-state index contributed by atoms with van der Waals surface area (Å²) >= 11 is 3.13. The van der Waals surface area contributed by atoms with Crippen LogP contribution in [0.3, 0.4) is 0 Å². The number of piperidine rings is 2. The molecule has 4 amide bonds. The van der Waals surface area contributed by atoms with Crippen molar-refractivity contribution in [1.29, 1.82) is 0 Å². The summed E-state index contributed by atoms with van der Waals surface area (Å²) in [5, 5.41) is 19.1. The van der Waals surface area contributed by atoms with Crippen molar-refractivity contribution in [2.75, 3.05) is 70.6 Å². The number of carbonyl (C=O) groups excluding carboxylic acids is 9. The van der Waals surface area contributed by atoms with Crippen molar-refractivity contribution in [3.05, 3.63) is 215 Å². The van der Waals surface area contributed by atoms with Gasteiger partial charge >= 0.3 is 65.6 Å². The molecule has 6 heterocycles. The first-order chi connectivity index (χ1) is 63.8. The number of carboxylic acid groups (broad SMARTS) is 1. The van der Waals surface area contributed by atoms with Gasteiger partial charge in [0, 0.05) is 113 Å². The van der Waals surface area contributed by atoms with E-state index in [0.717, 1.165) is 106 Å². The molecule has 0 radical (unpaired) electrons. The van der Waals surface area contributed by atoms with Gasteiger partial charge in [-0.05, 0) is 225 Å². The molecule has 5 aromatic carbocycles. The monoisotopic (exact) mass is 1950 g/mol. The van der Waals surface area contributed by atoms with Crippen molar-refractivity contribution in [2.45, 2.75) is 224 Å². The number of alkyl halides is 1. The largest absolute Gasteiger partial charge is 1.00 e. The number of anilines is 2. The molecule has 2 aliphatic carbocycles. The van der Waals surface area contributed by atoms with Gasteiger partial charge in [0.1, 0.15) is 57.9 Å². The molecule has 4 fully saturated rings. The number of benzene rings is 5. The second-order valence-electron chi connectivity index (χ2n) is 34.5.